The summed E-state index contributed by atoms with van der Waals surface area (Å²) in [5.74, 6) is 0.155. The average molecular weight is 398 g/mol. The molecule has 2 aliphatic heterocycles. The van der Waals surface area contributed by atoms with Crippen LogP contribution >= 0.6 is 0 Å². The lowest BCUT2D eigenvalue weighted by Crippen LogP contribution is -2.38. The van der Waals surface area contributed by atoms with Crippen molar-refractivity contribution in [3.63, 3.8) is 0 Å². The third-order valence-corrected chi connectivity index (χ3v) is 5.73. The van der Waals surface area contributed by atoms with Gasteiger partial charge in [-0.2, -0.15) is 0 Å². The second-order valence-corrected chi connectivity index (χ2v) is 7.70. The Morgan fingerprint density at radius 3 is 2.69 bits per heavy atom. The van der Waals surface area contributed by atoms with Crippen LogP contribution in [0, 0.1) is 5.82 Å². The Balaban J connectivity index is 1.46. The van der Waals surface area contributed by atoms with E-state index < -0.39 is 0 Å². The van der Waals surface area contributed by atoms with E-state index in [0.717, 1.165) is 5.56 Å². The molecule has 2 amide bonds. The number of nitrogens with zero attached hydrogens (tertiary/aromatic N) is 3. The molecular formula is C21H23FN4O3. The first kappa shape index (κ1) is 19.3. The minimum absolute atomic E-state index is 0.0258. The molecule has 1 atom stereocenters. The maximum Gasteiger partial charge on any atom is 0.254 e. The molecule has 7 nitrogen and oxygen atoms in total. The van der Waals surface area contributed by atoms with E-state index in [4.69, 9.17) is 0 Å². The molecule has 2 aliphatic rings. The summed E-state index contributed by atoms with van der Waals surface area (Å²) in [7, 11) is 0. The number of hydrogen-bond acceptors (Lipinski definition) is 4. The summed E-state index contributed by atoms with van der Waals surface area (Å²) in [6, 6.07) is 5.93. The van der Waals surface area contributed by atoms with Gasteiger partial charge < -0.3 is 14.8 Å². The molecule has 1 N–H and O–H groups in total. The minimum Gasteiger partial charge on any atom is -0.342 e. The third-order valence-electron chi connectivity index (χ3n) is 5.73. The zero-order valence-corrected chi connectivity index (χ0v) is 16.3. The van der Waals surface area contributed by atoms with Gasteiger partial charge >= 0.3 is 0 Å². The second kappa shape index (κ2) is 7.77. The quantitative estimate of drug-likeness (QED) is 0.846. The van der Waals surface area contributed by atoms with E-state index in [1.807, 2.05) is 0 Å². The van der Waals surface area contributed by atoms with Gasteiger partial charge in [0.1, 0.15) is 11.6 Å². The number of carbonyl (C=O) groups is 2. The number of carbonyl (C=O) groups excluding carboxylic acids is 2. The van der Waals surface area contributed by atoms with Crippen molar-refractivity contribution in [2.75, 3.05) is 19.6 Å². The first-order valence-corrected chi connectivity index (χ1v) is 9.80. The summed E-state index contributed by atoms with van der Waals surface area (Å²) < 4.78 is 13.0. The van der Waals surface area contributed by atoms with E-state index in [-0.39, 0.29) is 35.5 Å². The van der Waals surface area contributed by atoms with Crippen LogP contribution in [0.15, 0.2) is 29.1 Å². The van der Waals surface area contributed by atoms with Crippen molar-refractivity contribution in [2.24, 2.45) is 0 Å². The molecule has 0 saturated carbocycles. The summed E-state index contributed by atoms with van der Waals surface area (Å²) >= 11 is 0. The van der Waals surface area contributed by atoms with E-state index in [9.17, 15) is 18.8 Å². The SMILES string of the molecule is CC(=O)N1CCc2c(nc([C@H]3CCN(C(=O)Cc4ccc(F)cc4)C3)[nH]c2=O)C1. The number of amides is 2. The zero-order valence-electron chi connectivity index (χ0n) is 16.3. The largest absolute Gasteiger partial charge is 0.342 e. The normalized spacial score (nSPS) is 18.6. The van der Waals surface area contributed by atoms with Crippen molar-refractivity contribution in [1.29, 1.82) is 0 Å². The molecule has 1 aromatic heterocycles. The molecule has 1 saturated heterocycles. The lowest BCUT2D eigenvalue weighted by Gasteiger charge is -2.27. The highest BCUT2D eigenvalue weighted by Gasteiger charge is 2.30. The summed E-state index contributed by atoms with van der Waals surface area (Å²) in [4.78, 5) is 47.7. The molecule has 29 heavy (non-hydrogen) atoms. The summed E-state index contributed by atoms with van der Waals surface area (Å²) in [5, 5.41) is 0. The zero-order chi connectivity index (χ0) is 20.5. The summed E-state index contributed by atoms with van der Waals surface area (Å²) in [6.45, 7) is 3.47. The highest BCUT2D eigenvalue weighted by atomic mass is 19.1. The lowest BCUT2D eigenvalue weighted by atomic mass is 10.0. The van der Waals surface area contributed by atoms with E-state index in [0.29, 0.717) is 56.1 Å². The van der Waals surface area contributed by atoms with Gasteiger partial charge in [-0.25, -0.2) is 9.37 Å². The fraction of sp³-hybridized carbons (Fsp3) is 0.429. The summed E-state index contributed by atoms with van der Waals surface area (Å²) in [5.41, 5.74) is 1.92. The Hall–Kier alpha value is -3.03. The van der Waals surface area contributed by atoms with Crippen LogP contribution in [0.1, 0.15) is 41.9 Å². The van der Waals surface area contributed by atoms with Crippen molar-refractivity contribution in [2.45, 2.75) is 38.6 Å². The Morgan fingerprint density at radius 2 is 1.97 bits per heavy atom. The number of aromatic nitrogens is 2. The number of nitrogens with one attached hydrogen (secondary N) is 1. The molecule has 0 spiro atoms. The van der Waals surface area contributed by atoms with Crippen LogP contribution in [0.3, 0.4) is 0 Å². The summed E-state index contributed by atoms with van der Waals surface area (Å²) in [6.07, 6.45) is 1.44. The number of halogens is 1. The fourth-order valence-electron chi connectivity index (χ4n) is 4.02. The lowest BCUT2D eigenvalue weighted by molar-refractivity contribution is -0.130. The van der Waals surface area contributed by atoms with Gasteiger partial charge in [0.15, 0.2) is 0 Å². The highest BCUT2D eigenvalue weighted by Crippen LogP contribution is 2.26. The fourth-order valence-corrected chi connectivity index (χ4v) is 4.02. The average Bonchev–Trinajstić information content (AvgIpc) is 3.19. The smallest absolute Gasteiger partial charge is 0.254 e. The minimum atomic E-state index is -0.326. The third kappa shape index (κ3) is 4.06. The van der Waals surface area contributed by atoms with Crippen molar-refractivity contribution < 1.29 is 14.0 Å². The van der Waals surface area contributed by atoms with Crippen LogP contribution in [-0.2, 0) is 29.0 Å². The van der Waals surface area contributed by atoms with E-state index in [2.05, 4.69) is 9.97 Å². The maximum atomic E-state index is 13.0. The van der Waals surface area contributed by atoms with Crippen molar-refractivity contribution in [3.8, 4) is 0 Å². The monoisotopic (exact) mass is 398 g/mol. The molecule has 0 aliphatic carbocycles. The van der Waals surface area contributed by atoms with Gasteiger partial charge in [-0.05, 0) is 30.5 Å². The van der Waals surface area contributed by atoms with Crippen LogP contribution in [0.2, 0.25) is 0 Å². The van der Waals surface area contributed by atoms with Gasteiger partial charge in [-0.15, -0.1) is 0 Å². The highest BCUT2D eigenvalue weighted by molar-refractivity contribution is 5.79. The maximum absolute atomic E-state index is 13.0. The number of benzene rings is 1. The van der Waals surface area contributed by atoms with E-state index in [1.165, 1.54) is 19.1 Å². The Morgan fingerprint density at radius 1 is 1.21 bits per heavy atom. The van der Waals surface area contributed by atoms with Gasteiger partial charge in [-0.1, -0.05) is 12.1 Å². The first-order chi connectivity index (χ1) is 13.9. The molecule has 2 aromatic rings. The molecule has 1 fully saturated rings. The molecule has 3 heterocycles. The number of H-pyrrole nitrogens is 1. The van der Waals surface area contributed by atoms with Gasteiger partial charge in [-0.3, -0.25) is 14.4 Å². The predicted molar refractivity (Wildman–Crippen MR) is 104 cm³/mol. The number of aromatic amines is 1. The molecule has 1 aromatic carbocycles. The van der Waals surface area contributed by atoms with Crippen LogP contribution in [0.5, 0.6) is 0 Å². The van der Waals surface area contributed by atoms with Crippen molar-refractivity contribution >= 4 is 11.8 Å². The number of rotatable bonds is 3. The second-order valence-electron chi connectivity index (χ2n) is 7.70. The van der Waals surface area contributed by atoms with Crippen molar-refractivity contribution in [3.05, 3.63) is 63.1 Å². The van der Waals surface area contributed by atoms with Crippen LogP contribution in [0.4, 0.5) is 4.39 Å². The van der Waals surface area contributed by atoms with Gasteiger partial charge in [0, 0.05) is 38.0 Å². The molecule has 4 rings (SSSR count). The topological polar surface area (TPSA) is 86.4 Å². The molecule has 152 valence electrons. The van der Waals surface area contributed by atoms with E-state index >= 15 is 0 Å². The van der Waals surface area contributed by atoms with Crippen LogP contribution < -0.4 is 5.56 Å². The van der Waals surface area contributed by atoms with E-state index in [1.54, 1.807) is 21.9 Å². The number of fused-ring (bicyclic) bond motifs is 1. The van der Waals surface area contributed by atoms with Crippen molar-refractivity contribution in [1.82, 2.24) is 19.8 Å². The Kier molecular flexibility index (Phi) is 5.17. The van der Waals surface area contributed by atoms with Gasteiger partial charge in [0.05, 0.1) is 18.7 Å². The number of hydrogen-bond donors (Lipinski definition) is 1. The Labute approximate surface area is 167 Å². The number of likely N-dealkylation sites (tertiary alicyclic amines) is 1. The van der Waals surface area contributed by atoms with Crippen LogP contribution in [0.25, 0.3) is 0 Å². The first-order valence-electron chi connectivity index (χ1n) is 9.80. The van der Waals surface area contributed by atoms with Gasteiger partial charge in [0.2, 0.25) is 11.8 Å². The molecule has 0 bridgehead atoms. The molecule has 8 heteroatoms. The molecular weight excluding hydrogens is 375 g/mol. The Bertz CT molecular complexity index is 1000. The predicted octanol–water partition coefficient (Wildman–Crippen LogP) is 1.37. The van der Waals surface area contributed by atoms with Gasteiger partial charge in [0.25, 0.3) is 5.56 Å². The molecule has 0 unspecified atom stereocenters. The molecule has 0 radical (unpaired) electrons. The van der Waals surface area contributed by atoms with Crippen LogP contribution in [-0.4, -0.2) is 51.2 Å². The standard InChI is InChI=1S/C21H23FN4O3/c1-13(27)25-9-7-17-18(12-25)23-20(24-21(17)29)15-6-8-26(11-15)19(28)10-14-2-4-16(22)5-3-14/h2-5,15H,6-12H2,1H3,(H,23,24,29)/t15-/m0/s1.